The first-order valence-corrected chi connectivity index (χ1v) is 9.91. The smallest absolute Gasteiger partial charge is 0.339 e. The number of ether oxygens (including phenoxy) is 2. The molecule has 0 saturated carbocycles. The second-order valence-electron chi connectivity index (χ2n) is 7.05. The Morgan fingerprint density at radius 1 is 0.970 bits per heavy atom. The third-order valence-corrected chi connectivity index (χ3v) is 4.86. The average molecular weight is 448 g/mol. The molecular weight excluding hydrogens is 430 g/mol. The number of pyridine rings is 1. The molecular formula is C25H18F2N2O4. The van der Waals surface area contributed by atoms with Crippen molar-refractivity contribution in [2.75, 3.05) is 19.0 Å². The highest BCUT2D eigenvalue weighted by atomic mass is 19.1. The molecule has 0 bridgehead atoms. The van der Waals surface area contributed by atoms with Crippen LogP contribution in [0.4, 0.5) is 14.5 Å². The van der Waals surface area contributed by atoms with Crippen molar-refractivity contribution in [3.63, 3.8) is 0 Å². The van der Waals surface area contributed by atoms with Gasteiger partial charge in [0.05, 0.1) is 29.6 Å². The average Bonchev–Trinajstić information content (AvgIpc) is 2.84. The van der Waals surface area contributed by atoms with E-state index in [4.69, 9.17) is 9.47 Å². The van der Waals surface area contributed by atoms with Crippen molar-refractivity contribution >= 4 is 28.5 Å². The maximum atomic E-state index is 13.7. The van der Waals surface area contributed by atoms with Crippen molar-refractivity contribution in [2.45, 2.75) is 0 Å². The van der Waals surface area contributed by atoms with Gasteiger partial charge in [-0.2, -0.15) is 0 Å². The highest BCUT2D eigenvalue weighted by Crippen LogP contribution is 2.27. The number of esters is 1. The minimum Gasteiger partial charge on any atom is -0.497 e. The number of hydrogen-bond acceptors (Lipinski definition) is 5. The number of nitrogens with one attached hydrogen (secondary N) is 1. The Hall–Kier alpha value is -4.33. The summed E-state index contributed by atoms with van der Waals surface area (Å²) < 4.78 is 37.3. The standard InChI is InChI=1S/C25H18F2N2O4/c1-32-17-9-6-15(7-10-17)22-13-19(18-4-2-3-5-21(18)28-22)25(31)33-14-24(30)29-23-12-16(26)8-11-20(23)27/h2-13H,14H2,1H3,(H,29,30). The summed E-state index contributed by atoms with van der Waals surface area (Å²) in [5, 5.41) is 2.74. The number of carbonyl (C=O) groups is 2. The Labute approximate surface area is 187 Å². The van der Waals surface area contributed by atoms with E-state index in [9.17, 15) is 18.4 Å². The van der Waals surface area contributed by atoms with Crippen molar-refractivity contribution in [3.8, 4) is 17.0 Å². The number of rotatable bonds is 6. The van der Waals surface area contributed by atoms with E-state index in [2.05, 4.69) is 10.3 Å². The molecule has 0 unspecified atom stereocenters. The molecule has 0 saturated heterocycles. The summed E-state index contributed by atoms with van der Waals surface area (Å²) >= 11 is 0. The van der Waals surface area contributed by atoms with E-state index in [1.807, 2.05) is 12.1 Å². The molecule has 0 fully saturated rings. The summed E-state index contributed by atoms with van der Waals surface area (Å²) in [5.74, 6) is -2.39. The minimum atomic E-state index is -0.805. The first-order valence-electron chi connectivity index (χ1n) is 9.91. The first-order chi connectivity index (χ1) is 15.9. The highest BCUT2D eigenvalue weighted by Gasteiger charge is 2.17. The number of hydrogen-bond donors (Lipinski definition) is 1. The van der Waals surface area contributed by atoms with Gasteiger partial charge in [0.25, 0.3) is 5.91 Å². The van der Waals surface area contributed by atoms with Crippen molar-refractivity contribution in [1.82, 2.24) is 4.98 Å². The summed E-state index contributed by atoms with van der Waals surface area (Å²) in [6.45, 7) is -0.677. The van der Waals surface area contributed by atoms with Crippen LogP contribution < -0.4 is 10.1 Å². The van der Waals surface area contributed by atoms with Gasteiger partial charge in [-0.25, -0.2) is 18.6 Å². The Morgan fingerprint density at radius 3 is 2.48 bits per heavy atom. The number of nitrogens with zero attached hydrogens (tertiary/aromatic N) is 1. The van der Waals surface area contributed by atoms with E-state index in [-0.39, 0.29) is 11.3 Å². The summed E-state index contributed by atoms with van der Waals surface area (Å²) in [6.07, 6.45) is 0. The highest BCUT2D eigenvalue weighted by molar-refractivity contribution is 6.05. The SMILES string of the molecule is COc1ccc(-c2cc(C(=O)OCC(=O)Nc3cc(F)ccc3F)c3ccccc3n2)cc1. The fraction of sp³-hybridized carbons (Fsp3) is 0.0800. The normalized spacial score (nSPS) is 10.6. The largest absolute Gasteiger partial charge is 0.497 e. The molecule has 4 aromatic rings. The molecule has 3 aromatic carbocycles. The maximum Gasteiger partial charge on any atom is 0.339 e. The lowest BCUT2D eigenvalue weighted by Gasteiger charge is -2.11. The molecule has 0 radical (unpaired) electrons. The summed E-state index contributed by atoms with van der Waals surface area (Å²) in [6, 6.07) is 18.5. The number of fused-ring (bicyclic) bond motifs is 1. The third-order valence-electron chi connectivity index (χ3n) is 4.86. The second kappa shape index (κ2) is 9.44. The summed E-state index contributed by atoms with van der Waals surface area (Å²) in [4.78, 5) is 29.6. The van der Waals surface area contributed by atoms with Gasteiger partial charge in [0.1, 0.15) is 17.4 Å². The topological polar surface area (TPSA) is 77.5 Å². The molecule has 0 spiro atoms. The third kappa shape index (κ3) is 4.95. The molecule has 0 aliphatic carbocycles. The van der Waals surface area contributed by atoms with E-state index < -0.39 is 30.1 Å². The molecule has 4 rings (SSSR count). The van der Waals surface area contributed by atoms with Crippen molar-refractivity contribution in [2.24, 2.45) is 0 Å². The van der Waals surface area contributed by atoms with Crippen LogP contribution in [0.3, 0.4) is 0 Å². The Balaban J connectivity index is 1.56. The number of halogens is 2. The van der Waals surface area contributed by atoms with Gasteiger partial charge < -0.3 is 14.8 Å². The zero-order valence-corrected chi connectivity index (χ0v) is 17.5. The number of methoxy groups -OCH3 is 1. The summed E-state index contributed by atoms with van der Waals surface area (Å²) in [5.41, 5.74) is 1.75. The van der Waals surface area contributed by atoms with Crippen molar-refractivity contribution in [1.29, 1.82) is 0 Å². The van der Waals surface area contributed by atoms with Crippen LogP contribution in [0.2, 0.25) is 0 Å². The van der Waals surface area contributed by atoms with Gasteiger partial charge in [-0.05, 0) is 48.5 Å². The van der Waals surface area contributed by atoms with Crippen LogP contribution in [0.5, 0.6) is 5.75 Å². The zero-order chi connectivity index (χ0) is 23.4. The Bertz CT molecular complexity index is 1340. The molecule has 33 heavy (non-hydrogen) atoms. The van der Waals surface area contributed by atoms with Gasteiger partial charge >= 0.3 is 5.97 Å². The molecule has 8 heteroatoms. The zero-order valence-electron chi connectivity index (χ0n) is 17.5. The Morgan fingerprint density at radius 2 is 1.73 bits per heavy atom. The molecule has 6 nitrogen and oxygen atoms in total. The summed E-state index contributed by atoms with van der Waals surface area (Å²) in [7, 11) is 1.57. The van der Waals surface area contributed by atoms with Crippen LogP contribution in [0.1, 0.15) is 10.4 Å². The Kier molecular flexibility index (Phi) is 6.26. The van der Waals surface area contributed by atoms with E-state index in [1.165, 1.54) is 0 Å². The van der Waals surface area contributed by atoms with Crippen LogP contribution in [0, 0.1) is 11.6 Å². The number of benzene rings is 3. The van der Waals surface area contributed by atoms with E-state index >= 15 is 0 Å². The van der Waals surface area contributed by atoms with Crippen molar-refractivity contribution < 1.29 is 27.8 Å². The van der Waals surface area contributed by atoms with Gasteiger partial charge in [0.2, 0.25) is 0 Å². The number of carbonyl (C=O) groups excluding carboxylic acids is 2. The number of aromatic nitrogens is 1. The second-order valence-corrected chi connectivity index (χ2v) is 7.05. The lowest BCUT2D eigenvalue weighted by Crippen LogP contribution is -2.21. The van der Waals surface area contributed by atoms with E-state index in [0.717, 1.165) is 23.8 Å². The van der Waals surface area contributed by atoms with Gasteiger partial charge in [-0.1, -0.05) is 18.2 Å². The van der Waals surface area contributed by atoms with Gasteiger partial charge in [0.15, 0.2) is 6.61 Å². The quantitative estimate of drug-likeness (QED) is 0.421. The molecule has 0 aliphatic rings. The van der Waals surface area contributed by atoms with Crippen LogP contribution in [-0.2, 0) is 9.53 Å². The van der Waals surface area contributed by atoms with Gasteiger partial charge in [-0.3, -0.25) is 4.79 Å². The maximum absolute atomic E-state index is 13.7. The lowest BCUT2D eigenvalue weighted by molar-refractivity contribution is -0.119. The monoisotopic (exact) mass is 448 g/mol. The number of amides is 1. The van der Waals surface area contributed by atoms with E-state index in [0.29, 0.717) is 22.3 Å². The predicted octanol–water partition coefficient (Wildman–Crippen LogP) is 4.98. The minimum absolute atomic E-state index is 0.219. The predicted molar refractivity (Wildman–Crippen MR) is 119 cm³/mol. The fourth-order valence-corrected chi connectivity index (χ4v) is 3.24. The molecule has 1 amide bonds. The molecule has 0 aliphatic heterocycles. The molecule has 1 aromatic heterocycles. The van der Waals surface area contributed by atoms with Gasteiger partial charge in [0, 0.05) is 17.0 Å². The van der Waals surface area contributed by atoms with Crippen LogP contribution in [0.15, 0.2) is 72.8 Å². The van der Waals surface area contributed by atoms with E-state index in [1.54, 1.807) is 49.6 Å². The molecule has 0 atom stereocenters. The van der Waals surface area contributed by atoms with Crippen molar-refractivity contribution in [3.05, 3.63) is 90.0 Å². The molecule has 166 valence electrons. The van der Waals surface area contributed by atoms with Crippen LogP contribution in [0.25, 0.3) is 22.2 Å². The molecule has 1 N–H and O–H groups in total. The first kappa shape index (κ1) is 21.9. The number of para-hydroxylation sites is 1. The van der Waals surface area contributed by atoms with Gasteiger partial charge in [-0.15, -0.1) is 0 Å². The fourth-order valence-electron chi connectivity index (χ4n) is 3.24. The van der Waals surface area contributed by atoms with Crippen LogP contribution in [-0.4, -0.2) is 30.6 Å². The molecule has 1 heterocycles. The van der Waals surface area contributed by atoms with Crippen LogP contribution >= 0.6 is 0 Å². The number of anilines is 1. The lowest BCUT2D eigenvalue weighted by atomic mass is 10.0.